The second-order valence-corrected chi connectivity index (χ2v) is 7.02. The summed E-state index contributed by atoms with van der Waals surface area (Å²) in [6.07, 6.45) is 1.09. The molecule has 0 saturated heterocycles. The van der Waals surface area contributed by atoms with Crippen molar-refractivity contribution in [2.24, 2.45) is 0 Å². The Labute approximate surface area is 154 Å². The van der Waals surface area contributed by atoms with E-state index in [9.17, 15) is 4.79 Å². The van der Waals surface area contributed by atoms with Gasteiger partial charge in [0.05, 0.1) is 11.7 Å². The Bertz CT molecular complexity index is 941. The first-order valence-corrected chi connectivity index (χ1v) is 9.03. The molecule has 2 aromatic heterocycles. The summed E-state index contributed by atoms with van der Waals surface area (Å²) in [6.45, 7) is 10.1. The van der Waals surface area contributed by atoms with Crippen LogP contribution in [0.5, 0.6) is 0 Å². The van der Waals surface area contributed by atoms with E-state index in [0.29, 0.717) is 12.8 Å². The predicted molar refractivity (Wildman–Crippen MR) is 103 cm³/mol. The third-order valence-corrected chi connectivity index (χ3v) is 4.84. The Morgan fingerprint density at radius 3 is 2.54 bits per heavy atom. The zero-order valence-electron chi connectivity index (χ0n) is 16.1. The summed E-state index contributed by atoms with van der Waals surface area (Å²) in [5.41, 5.74) is 7.26. The molecule has 1 amide bonds. The fourth-order valence-corrected chi connectivity index (χ4v) is 3.29. The van der Waals surface area contributed by atoms with Crippen LogP contribution in [0.2, 0.25) is 0 Å². The van der Waals surface area contributed by atoms with Gasteiger partial charge in [-0.2, -0.15) is 5.10 Å². The Hall–Kier alpha value is -2.69. The Morgan fingerprint density at radius 1 is 1.15 bits per heavy atom. The van der Waals surface area contributed by atoms with Crippen molar-refractivity contribution in [2.75, 3.05) is 0 Å². The Morgan fingerprint density at radius 2 is 1.85 bits per heavy atom. The van der Waals surface area contributed by atoms with Crippen LogP contribution in [0.15, 0.2) is 30.3 Å². The van der Waals surface area contributed by atoms with Crippen LogP contribution in [0.4, 0.5) is 0 Å². The van der Waals surface area contributed by atoms with Gasteiger partial charge in [0, 0.05) is 23.9 Å². The molecule has 26 heavy (non-hydrogen) atoms. The first kappa shape index (κ1) is 18.1. The first-order chi connectivity index (χ1) is 12.3. The van der Waals surface area contributed by atoms with E-state index in [2.05, 4.69) is 46.6 Å². The van der Waals surface area contributed by atoms with Crippen LogP contribution in [0, 0.1) is 27.7 Å². The predicted octanol–water partition coefficient (Wildman–Crippen LogP) is 3.77. The maximum Gasteiger partial charge on any atom is 0.220 e. The lowest BCUT2D eigenvalue weighted by Gasteiger charge is -2.15. The summed E-state index contributed by atoms with van der Waals surface area (Å²) in [4.78, 5) is 17.0. The molecule has 136 valence electrons. The lowest BCUT2D eigenvalue weighted by Crippen LogP contribution is -2.27. The summed E-state index contributed by atoms with van der Waals surface area (Å²) in [6, 6.07) is 10.2. The second-order valence-electron chi connectivity index (χ2n) is 7.02. The number of benzene rings is 1. The zero-order valence-corrected chi connectivity index (χ0v) is 16.1. The van der Waals surface area contributed by atoms with Crippen molar-refractivity contribution in [1.29, 1.82) is 0 Å². The van der Waals surface area contributed by atoms with E-state index in [4.69, 9.17) is 0 Å². The monoisotopic (exact) mass is 350 g/mol. The number of carbonyl (C=O) groups excluding carboxylic acids is 1. The van der Waals surface area contributed by atoms with Crippen LogP contribution in [-0.4, -0.2) is 20.5 Å². The topological polar surface area (TPSA) is 59.3 Å². The number of aromatic nitrogens is 3. The van der Waals surface area contributed by atoms with E-state index in [1.54, 1.807) is 0 Å². The highest BCUT2D eigenvalue weighted by Crippen LogP contribution is 2.18. The van der Waals surface area contributed by atoms with Gasteiger partial charge in [-0.3, -0.25) is 4.79 Å². The normalized spacial score (nSPS) is 12.3. The van der Waals surface area contributed by atoms with Gasteiger partial charge in [-0.15, -0.1) is 0 Å². The number of nitrogens with zero attached hydrogens (tertiary/aromatic N) is 3. The third-order valence-electron chi connectivity index (χ3n) is 4.84. The van der Waals surface area contributed by atoms with E-state index in [-0.39, 0.29) is 11.9 Å². The van der Waals surface area contributed by atoms with Gasteiger partial charge >= 0.3 is 0 Å². The molecular weight excluding hydrogens is 324 g/mol. The van der Waals surface area contributed by atoms with Crippen LogP contribution >= 0.6 is 0 Å². The summed E-state index contributed by atoms with van der Waals surface area (Å²) in [5, 5.41) is 7.57. The van der Waals surface area contributed by atoms with Gasteiger partial charge in [0.2, 0.25) is 5.91 Å². The molecule has 0 aliphatic rings. The minimum Gasteiger partial charge on any atom is -0.350 e. The van der Waals surface area contributed by atoms with Crippen molar-refractivity contribution in [1.82, 2.24) is 19.9 Å². The maximum absolute atomic E-state index is 12.4. The van der Waals surface area contributed by atoms with Gasteiger partial charge in [-0.1, -0.05) is 29.8 Å². The highest BCUT2D eigenvalue weighted by Gasteiger charge is 2.14. The largest absolute Gasteiger partial charge is 0.350 e. The molecule has 3 rings (SSSR count). The van der Waals surface area contributed by atoms with E-state index in [0.717, 1.165) is 33.9 Å². The van der Waals surface area contributed by atoms with E-state index in [1.165, 1.54) is 5.56 Å². The summed E-state index contributed by atoms with van der Waals surface area (Å²) < 4.78 is 1.87. The molecule has 0 bridgehead atoms. The molecule has 1 N–H and O–H groups in total. The zero-order chi connectivity index (χ0) is 18.8. The van der Waals surface area contributed by atoms with Gasteiger partial charge in [0.25, 0.3) is 0 Å². The van der Waals surface area contributed by atoms with Crippen molar-refractivity contribution >= 4 is 11.6 Å². The number of nitrogens with one attached hydrogen (secondary N) is 1. The van der Waals surface area contributed by atoms with E-state index < -0.39 is 0 Å². The van der Waals surface area contributed by atoms with Crippen molar-refractivity contribution < 1.29 is 4.79 Å². The molecule has 0 aliphatic carbocycles. The van der Waals surface area contributed by atoms with Crippen molar-refractivity contribution in [2.45, 2.75) is 53.5 Å². The molecule has 0 aliphatic heterocycles. The molecule has 0 saturated carbocycles. The quantitative estimate of drug-likeness (QED) is 0.762. The molecule has 1 aromatic carbocycles. The van der Waals surface area contributed by atoms with Crippen LogP contribution in [0.1, 0.15) is 53.2 Å². The van der Waals surface area contributed by atoms with Gasteiger partial charge in [0.1, 0.15) is 0 Å². The minimum atomic E-state index is -0.000311. The fourth-order valence-electron chi connectivity index (χ4n) is 3.29. The third kappa shape index (κ3) is 3.77. The fraction of sp³-hybridized carbons (Fsp3) is 0.381. The van der Waals surface area contributed by atoms with Gasteiger partial charge in [-0.25, -0.2) is 9.50 Å². The molecule has 0 spiro atoms. The minimum absolute atomic E-state index is 0.000311. The molecule has 1 unspecified atom stereocenters. The maximum atomic E-state index is 12.4. The van der Waals surface area contributed by atoms with Crippen molar-refractivity contribution in [3.8, 4) is 0 Å². The number of hydrogen-bond donors (Lipinski definition) is 1. The van der Waals surface area contributed by atoms with Gasteiger partial charge in [-0.05, 0) is 52.2 Å². The standard InChI is InChI=1S/C21H26N4O/c1-13-6-8-18(9-7-13)15(3)23-21(26)11-10-19-16(4)22-20-12-14(2)24-25(20)17(19)5/h6-9,12,15H,10-11H2,1-5H3,(H,23,26). The van der Waals surface area contributed by atoms with Gasteiger partial charge < -0.3 is 5.32 Å². The number of aryl methyl sites for hydroxylation is 4. The molecule has 0 radical (unpaired) electrons. The van der Waals surface area contributed by atoms with Crippen LogP contribution in [-0.2, 0) is 11.2 Å². The van der Waals surface area contributed by atoms with E-state index >= 15 is 0 Å². The smallest absolute Gasteiger partial charge is 0.220 e. The number of carbonyl (C=O) groups is 1. The number of fused-ring (bicyclic) bond motifs is 1. The number of amides is 1. The summed E-state index contributed by atoms with van der Waals surface area (Å²) in [7, 11) is 0. The molecule has 0 fully saturated rings. The summed E-state index contributed by atoms with van der Waals surface area (Å²) in [5.74, 6) is 0.0496. The van der Waals surface area contributed by atoms with Crippen LogP contribution in [0.3, 0.4) is 0 Å². The molecule has 3 aromatic rings. The van der Waals surface area contributed by atoms with Crippen LogP contribution in [0.25, 0.3) is 5.65 Å². The number of hydrogen-bond acceptors (Lipinski definition) is 3. The molecule has 5 heteroatoms. The second kappa shape index (κ2) is 7.28. The number of rotatable bonds is 5. The lowest BCUT2D eigenvalue weighted by atomic mass is 10.0. The average molecular weight is 350 g/mol. The van der Waals surface area contributed by atoms with Crippen molar-refractivity contribution in [3.63, 3.8) is 0 Å². The van der Waals surface area contributed by atoms with Gasteiger partial charge in [0.15, 0.2) is 5.65 Å². The molecule has 2 heterocycles. The molecular formula is C21H26N4O. The van der Waals surface area contributed by atoms with Crippen molar-refractivity contribution in [3.05, 3.63) is 64.1 Å². The lowest BCUT2D eigenvalue weighted by molar-refractivity contribution is -0.121. The Kier molecular flexibility index (Phi) is 5.07. The highest BCUT2D eigenvalue weighted by atomic mass is 16.1. The van der Waals surface area contributed by atoms with Crippen LogP contribution < -0.4 is 5.32 Å². The first-order valence-electron chi connectivity index (χ1n) is 9.03. The SMILES string of the molecule is Cc1ccc(C(C)NC(=O)CCc2c(C)nc3cc(C)nn3c2C)cc1. The average Bonchev–Trinajstić information content (AvgIpc) is 2.95. The Balaban J connectivity index is 1.67. The summed E-state index contributed by atoms with van der Waals surface area (Å²) >= 11 is 0. The highest BCUT2D eigenvalue weighted by molar-refractivity contribution is 5.76. The van der Waals surface area contributed by atoms with E-state index in [1.807, 2.05) is 38.3 Å². The molecule has 1 atom stereocenters. The molecule has 5 nitrogen and oxygen atoms in total.